The van der Waals surface area contributed by atoms with Gasteiger partial charge in [0.1, 0.15) is 17.2 Å². The van der Waals surface area contributed by atoms with E-state index in [1.54, 1.807) is 6.07 Å². The maximum Gasteiger partial charge on any atom is 0.333 e. The summed E-state index contributed by atoms with van der Waals surface area (Å²) in [5, 5.41) is 4.08. The van der Waals surface area contributed by atoms with E-state index in [0.717, 1.165) is 44.3 Å². The predicted octanol–water partition coefficient (Wildman–Crippen LogP) is 2.70. The predicted molar refractivity (Wildman–Crippen MR) is 117 cm³/mol. The second-order valence-corrected chi connectivity index (χ2v) is 7.66. The molecular formula is C22H27N5O3. The van der Waals surface area contributed by atoms with Crippen molar-refractivity contribution >= 4 is 11.5 Å². The molecule has 0 bridgehead atoms. The normalized spacial score (nSPS) is 14.2. The topological polar surface area (TPSA) is 99.3 Å². The van der Waals surface area contributed by atoms with Gasteiger partial charge < -0.3 is 15.2 Å². The Labute approximate surface area is 174 Å². The van der Waals surface area contributed by atoms with Crippen molar-refractivity contribution in [2.45, 2.75) is 45.7 Å². The summed E-state index contributed by atoms with van der Waals surface area (Å²) < 4.78 is 8.17. The summed E-state index contributed by atoms with van der Waals surface area (Å²) >= 11 is 0. The number of rotatable bonds is 6. The van der Waals surface area contributed by atoms with Crippen LogP contribution in [0.2, 0.25) is 0 Å². The van der Waals surface area contributed by atoms with Crippen LogP contribution < -0.4 is 21.9 Å². The minimum atomic E-state index is -0.413. The van der Waals surface area contributed by atoms with Crippen LogP contribution in [0.3, 0.4) is 0 Å². The number of benzene rings is 1. The Morgan fingerprint density at radius 3 is 2.50 bits per heavy atom. The minimum Gasteiger partial charge on any atom is -0.383 e. The van der Waals surface area contributed by atoms with Crippen LogP contribution in [0.1, 0.15) is 38.3 Å². The van der Waals surface area contributed by atoms with Crippen LogP contribution in [0.4, 0.5) is 11.5 Å². The van der Waals surface area contributed by atoms with Crippen molar-refractivity contribution in [3.8, 4) is 11.3 Å². The second-order valence-electron chi connectivity index (χ2n) is 7.66. The van der Waals surface area contributed by atoms with Gasteiger partial charge in [0.2, 0.25) is 0 Å². The maximum atomic E-state index is 13.3. The molecular weight excluding hydrogens is 382 g/mol. The fourth-order valence-electron chi connectivity index (χ4n) is 3.98. The molecule has 1 fully saturated rings. The van der Waals surface area contributed by atoms with E-state index in [0.29, 0.717) is 23.7 Å². The Morgan fingerprint density at radius 1 is 1.07 bits per heavy atom. The van der Waals surface area contributed by atoms with Crippen LogP contribution in [0.15, 0.2) is 50.5 Å². The molecule has 8 heteroatoms. The van der Waals surface area contributed by atoms with Gasteiger partial charge in [-0.05, 0) is 25.7 Å². The van der Waals surface area contributed by atoms with Gasteiger partial charge in [0.05, 0.1) is 6.54 Å². The van der Waals surface area contributed by atoms with Crippen molar-refractivity contribution in [2.24, 2.45) is 0 Å². The van der Waals surface area contributed by atoms with Gasteiger partial charge in [-0.2, -0.15) is 0 Å². The lowest BCUT2D eigenvalue weighted by molar-refractivity contribution is 0.419. The van der Waals surface area contributed by atoms with Gasteiger partial charge in [0.25, 0.3) is 5.56 Å². The molecule has 1 aliphatic heterocycles. The highest BCUT2D eigenvalue weighted by molar-refractivity contribution is 5.63. The van der Waals surface area contributed by atoms with Gasteiger partial charge in [0, 0.05) is 31.3 Å². The summed E-state index contributed by atoms with van der Waals surface area (Å²) in [6, 6.07) is 11.4. The summed E-state index contributed by atoms with van der Waals surface area (Å²) in [6.07, 6.45) is 3.90. The zero-order chi connectivity index (χ0) is 21.1. The highest BCUT2D eigenvalue weighted by Crippen LogP contribution is 2.23. The Morgan fingerprint density at radius 2 is 1.80 bits per heavy atom. The lowest BCUT2D eigenvalue weighted by atomic mass is 10.1. The molecule has 158 valence electrons. The number of hydrogen-bond acceptors (Lipinski definition) is 6. The summed E-state index contributed by atoms with van der Waals surface area (Å²) in [5.74, 6) is 0.856. The molecule has 0 unspecified atom stereocenters. The van der Waals surface area contributed by atoms with E-state index in [1.165, 1.54) is 9.13 Å². The highest BCUT2D eigenvalue weighted by atomic mass is 16.5. The third kappa shape index (κ3) is 3.77. The van der Waals surface area contributed by atoms with Crippen molar-refractivity contribution in [3.05, 3.63) is 62.9 Å². The zero-order valence-corrected chi connectivity index (χ0v) is 17.2. The smallest absolute Gasteiger partial charge is 0.333 e. The molecule has 2 aromatic heterocycles. The molecule has 4 rings (SSSR count). The van der Waals surface area contributed by atoms with E-state index in [1.807, 2.05) is 42.2 Å². The molecule has 0 saturated carbocycles. The van der Waals surface area contributed by atoms with E-state index in [2.05, 4.69) is 5.16 Å². The number of anilines is 2. The molecule has 0 amide bonds. The number of hydrogen-bond donors (Lipinski definition) is 1. The van der Waals surface area contributed by atoms with Crippen molar-refractivity contribution in [3.63, 3.8) is 0 Å². The van der Waals surface area contributed by atoms with E-state index in [-0.39, 0.29) is 17.9 Å². The molecule has 0 radical (unpaired) electrons. The van der Waals surface area contributed by atoms with Crippen molar-refractivity contribution in [2.75, 3.05) is 23.7 Å². The first-order valence-corrected chi connectivity index (χ1v) is 10.5. The molecule has 0 spiro atoms. The van der Waals surface area contributed by atoms with Crippen LogP contribution in [0.5, 0.6) is 0 Å². The van der Waals surface area contributed by atoms with E-state index in [9.17, 15) is 9.59 Å². The van der Waals surface area contributed by atoms with E-state index >= 15 is 0 Å². The van der Waals surface area contributed by atoms with Crippen molar-refractivity contribution in [1.82, 2.24) is 14.3 Å². The average Bonchev–Trinajstić information content (AvgIpc) is 3.24. The van der Waals surface area contributed by atoms with Gasteiger partial charge in [-0.1, -0.05) is 42.4 Å². The molecule has 1 aromatic carbocycles. The Bertz CT molecular complexity index is 1120. The first kappa shape index (κ1) is 20.0. The van der Waals surface area contributed by atoms with Crippen LogP contribution in [0, 0.1) is 0 Å². The lowest BCUT2D eigenvalue weighted by Crippen LogP contribution is -2.46. The van der Waals surface area contributed by atoms with Gasteiger partial charge in [-0.3, -0.25) is 13.9 Å². The minimum absolute atomic E-state index is 0.0405. The lowest BCUT2D eigenvalue weighted by Gasteiger charge is -2.30. The Kier molecular flexibility index (Phi) is 5.74. The molecule has 30 heavy (non-hydrogen) atoms. The molecule has 0 aliphatic carbocycles. The Hall–Kier alpha value is -3.29. The third-order valence-electron chi connectivity index (χ3n) is 5.50. The van der Waals surface area contributed by atoms with Crippen LogP contribution >= 0.6 is 0 Å². The molecule has 3 aromatic rings. The molecule has 1 saturated heterocycles. The maximum absolute atomic E-state index is 13.3. The first-order chi connectivity index (χ1) is 14.6. The number of piperidine rings is 1. The molecule has 8 nitrogen and oxygen atoms in total. The van der Waals surface area contributed by atoms with Gasteiger partial charge >= 0.3 is 5.69 Å². The van der Waals surface area contributed by atoms with Gasteiger partial charge in [0.15, 0.2) is 5.76 Å². The quantitative estimate of drug-likeness (QED) is 0.672. The van der Waals surface area contributed by atoms with Crippen LogP contribution in [0.25, 0.3) is 11.3 Å². The standard InChI is InChI=1S/C22H27N5O3/c1-2-11-26-20(23)19(25-12-7-4-8-13-25)21(28)27(22(26)29)15-17-14-18(30-24-17)16-9-5-3-6-10-16/h3,5-6,9-10,14H,2,4,7-8,11-13,15,23H2,1H3. The average molecular weight is 409 g/mol. The summed E-state index contributed by atoms with van der Waals surface area (Å²) in [4.78, 5) is 28.4. The van der Waals surface area contributed by atoms with Crippen molar-refractivity contribution < 1.29 is 4.52 Å². The highest BCUT2D eigenvalue weighted by Gasteiger charge is 2.24. The van der Waals surface area contributed by atoms with Gasteiger partial charge in [-0.25, -0.2) is 4.79 Å². The number of nitrogens with zero attached hydrogens (tertiary/aromatic N) is 4. The first-order valence-electron chi connectivity index (χ1n) is 10.5. The third-order valence-corrected chi connectivity index (χ3v) is 5.50. The fourth-order valence-corrected chi connectivity index (χ4v) is 3.98. The summed E-state index contributed by atoms with van der Waals surface area (Å²) in [7, 11) is 0. The van der Waals surface area contributed by atoms with Gasteiger partial charge in [-0.15, -0.1) is 0 Å². The molecule has 0 atom stereocenters. The summed E-state index contributed by atoms with van der Waals surface area (Å²) in [6.45, 7) is 4.02. The monoisotopic (exact) mass is 409 g/mol. The second kappa shape index (κ2) is 8.61. The molecule has 1 aliphatic rings. The zero-order valence-electron chi connectivity index (χ0n) is 17.2. The fraction of sp³-hybridized carbons (Fsp3) is 0.409. The van der Waals surface area contributed by atoms with Crippen LogP contribution in [-0.2, 0) is 13.1 Å². The molecule has 2 N–H and O–H groups in total. The SMILES string of the molecule is CCCn1c(N)c(N2CCCCC2)c(=O)n(Cc2cc(-c3ccccc3)on2)c1=O. The number of nitrogen functional groups attached to an aromatic ring is 1. The number of nitrogens with two attached hydrogens (primary N) is 1. The van der Waals surface area contributed by atoms with E-state index in [4.69, 9.17) is 10.3 Å². The number of aromatic nitrogens is 3. The molecule has 3 heterocycles. The van der Waals surface area contributed by atoms with Crippen LogP contribution in [-0.4, -0.2) is 27.4 Å². The van der Waals surface area contributed by atoms with Crippen molar-refractivity contribution in [1.29, 1.82) is 0 Å². The summed E-state index contributed by atoms with van der Waals surface area (Å²) in [5.41, 5.74) is 7.37. The van der Waals surface area contributed by atoms with E-state index < -0.39 is 5.69 Å². The largest absolute Gasteiger partial charge is 0.383 e. The Balaban J connectivity index is 1.76.